The van der Waals surface area contributed by atoms with E-state index in [0.29, 0.717) is 0 Å². The van der Waals surface area contributed by atoms with Gasteiger partial charge in [-0.15, -0.1) is 0 Å². The van der Waals surface area contributed by atoms with Gasteiger partial charge in [-0.1, -0.05) is 79.1 Å². The van der Waals surface area contributed by atoms with E-state index in [9.17, 15) is 0 Å². The van der Waals surface area contributed by atoms with Crippen molar-refractivity contribution in [3.63, 3.8) is 0 Å². The molecule has 0 radical (unpaired) electrons. The van der Waals surface area contributed by atoms with E-state index in [1.54, 1.807) is 0 Å². The molecule has 0 N–H and O–H groups in total. The maximum Gasteiger partial charge on any atom is 0.00952 e. The van der Waals surface area contributed by atoms with Gasteiger partial charge in [0.2, 0.25) is 0 Å². The van der Waals surface area contributed by atoms with Crippen LogP contribution in [0, 0.1) is 0 Å². The summed E-state index contributed by atoms with van der Waals surface area (Å²) in [6.07, 6.45) is 16.7. The molecule has 0 aromatic carbocycles. The number of hydrogen-bond donors (Lipinski definition) is 0. The second-order valence-electron chi connectivity index (χ2n) is 6.39. The van der Waals surface area contributed by atoms with E-state index >= 15 is 0 Å². The fourth-order valence-electron chi connectivity index (χ4n) is 3.09. The van der Waals surface area contributed by atoms with Gasteiger partial charge in [0.25, 0.3) is 0 Å². The molecule has 0 rings (SSSR count). The third-order valence-electron chi connectivity index (χ3n) is 4.36. The van der Waals surface area contributed by atoms with Crippen molar-refractivity contribution in [2.24, 2.45) is 0 Å². The summed E-state index contributed by atoms with van der Waals surface area (Å²) < 4.78 is 0. The second kappa shape index (κ2) is 15.4. The molecule has 1 heteroatoms. The first-order chi connectivity index (χ1) is 9.79. The minimum absolute atomic E-state index is 0.864. The molecule has 1 nitrogen and oxygen atoms in total. The molecule has 0 aromatic rings. The molecule has 1 unspecified atom stereocenters. The van der Waals surface area contributed by atoms with Gasteiger partial charge in [0, 0.05) is 6.04 Å². The van der Waals surface area contributed by atoms with Crippen LogP contribution in [0.15, 0.2) is 0 Å². The SMILES string of the molecule is CCCCCCC(CCCC)N(CCC)CCCCC. The van der Waals surface area contributed by atoms with Gasteiger partial charge in [-0.3, -0.25) is 0 Å². The predicted molar refractivity (Wildman–Crippen MR) is 93.5 cm³/mol. The number of unbranched alkanes of at least 4 members (excludes halogenated alkanes) is 6. The maximum absolute atomic E-state index is 2.82. The second-order valence-corrected chi connectivity index (χ2v) is 6.39. The molecule has 0 aliphatic heterocycles. The van der Waals surface area contributed by atoms with Crippen molar-refractivity contribution in [2.45, 2.75) is 111 Å². The monoisotopic (exact) mass is 283 g/mol. The lowest BCUT2D eigenvalue weighted by molar-refractivity contribution is 0.168. The van der Waals surface area contributed by atoms with Crippen molar-refractivity contribution >= 4 is 0 Å². The number of hydrogen-bond acceptors (Lipinski definition) is 1. The third-order valence-corrected chi connectivity index (χ3v) is 4.36. The highest BCUT2D eigenvalue weighted by molar-refractivity contribution is 4.72. The Balaban J connectivity index is 4.23. The van der Waals surface area contributed by atoms with Gasteiger partial charge in [-0.05, 0) is 38.8 Å². The molecule has 0 saturated carbocycles. The highest BCUT2D eigenvalue weighted by Gasteiger charge is 2.16. The van der Waals surface area contributed by atoms with Crippen LogP contribution in [0.3, 0.4) is 0 Å². The standard InChI is InChI=1S/C19H41N/c1-5-9-12-13-16-19(15-11-7-3)20(17-8-4)18-14-10-6-2/h19H,5-18H2,1-4H3. The van der Waals surface area contributed by atoms with E-state index in [1.807, 2.05) is 0 Å². The molecule has 0 bridgehead atoms. The molecule has 20 heavy (non-hydrogen) atoms. The van der Waals surface area contributed by atoms with Gasteiger partial charge < -0.3 is 4.90 Å². The Morgan fingerprint density at radius 1 is 0.550 bits per heavy atom. The summed E-state index contributed by atoms with van der Waals surface area (Å²) in [7, 11) is 0. The first-order valence-electron chi connectivity index (χ1n) is 9.54. The van der Waals surface area contributed by atoms with Crippen LogP contribution in [-0.2, 0) is 0 Å². The molecular weight excluding hydrogens is 242 g/mol. The normalized spacial score (nSPS) is 13.1. The minimum atomic E-state index is 0.864. The van der Waals surface area contributed by atoms with Crippen LogP contribution in [0.1, 0.15) is 105 Å². The van der Waals surface area contributed by atoms with E-state index < -0.39 is 0 Å². The lowest BCUT2D eigenvalue weighted by Gasteiger charge is -2.32. The lowest BCUT2D eigenvalue weighted by Crippen LogP contribution is -2.36. The van der Waals surface area contributed by atoms with Gasteiger partial charge in [0.05, 0.1) is 0 Å². The summed E-state index contributed by atoms with van der Waals surface area (Å²) in [6.45, 7) is 11.9. The Morgan fingerprint density at radius 2 is 1.15 bits per heavy atom. The average molecular weight is 284 g/mol. The fraction of sp³-hybridized carbons (Fsp3) is 1.00. The Kier molecular flexibility index (Phi) is 15.3. The van der Waals surface area contributed by atoms with Gasteiger partial charge in [0.1, 0.15) is 0 Å². The molecule has 0 aliphatic rings. The van der Waals surface area contributed by atoms with Crippen LogP contribution in [0.2, 0.25) is 0 Å². The van der Waals surface area contributed by atoms with Crippen LogP contribution >= 0.6 is 0 Å². The van der Waals surface area contributed by atoms with Crippen molar-refractivity contribution in [3.8, 4) is 0 Å². The lowest BCUT2D eigenvalue weighted by atomic mass is 10.00. The zero-order chi connectivity index (χ0) is 15.1. The smallest absolute Gasteiger partial charge is 0.00952 e. The van der Waals surface area contributed by atoms with Crippen LogP contribution < -0.4 is 0 Å². The third kappa shape index (κ3) is 10.7. The van der Waals surface area contributed by atoms with Crippen molar-refractivity contribution in [2.75, 3.05) is 13.1 Å². The molecule has 0 heterocycles. The molecule has 0 amide bonds. The Morgan fingerprint density at radius 3 is 1.75 bits per heavy atom. The molecule has 0 aromatic heterocycles. The van der Waals surface area contributed by atoms with Crippen LogP contribution in [0.25, 0.3) is 0 Å². The van der Waals surface area contributed by atoms with E-state index in [0.717, 1.165) is 6.04 Å². The topological polar surface area (TPSA) is 3.24 Å². The van der Waals surface area contributed by atoms with Gasteiger partial charge >= 0.3 is 0 Å². The number of rotatable bonds is 15. The fourth-order valence-corrected chi connectivity index (χ4v) is 3.09. The highest BCUT2D eigenvalue weighted by atomic mass is 15.1. The summed E-state index contributed by atoms with van der Waals surface area (Å²) in [5.74, 6) is 0. The Bertz CT molecular complexity index is 179. The zero-order valence-corrected chi connectivity index (χ0v) is 14.9. The largest absolute Gasteiger partial charge is 0.300 e. The van der Waals surface area contributed by atoms with Crippen LogP contribution in [0.4, 0.5) is 0 Å². The van der Waals surface area contributed by atoms with Gasteiger partial charge in [-0.25, -0.2) is 0 Å². The van der Waals surface area contributed by atoms with Gasteiger partial charge in [0.15, 0.2) is 0 Å². The summed E-state index contributed by atoms with van der Waals surface area (Å²) in [6, 6.07) is 0.864. The quantitative estimate of drug-likeness (QED) is 0.313. The van der Waals surface area contributed by atoms with Crippen molar-refractivity contribution in [1.29, 1.82) is 0 Å². The van der Waals surface area contributed by atoms with Crippen molar-refractivity contribution in [1.82, 2.24) is 4.90 Å². The summed E-state index contributed by atoms with van der Waals surface area (Å²) >= 11 is 0. The first kappa shape index (κ1) is 20.0. The van der Waals surface area contributed by atoms with Gasteiger partial charge in [-0.2, -0.15) is 0 Å². The van der Waals surface area contributed by atoms with E-state index in [-0.39, 0.29) is 0 Å². The molecule has 0 fully saturated rings. The predicted octanol–water partition coefficient (Wildman–Crippen LogP) is 6.42. The Hall–Kier alpha value is -0.0400. The maximum atomic E-state index is 2.82. The van der Waals surface area contributed by atoms with Crippen LogP contribution in [-0.4, -0.2) is 24.0 Å². The summed E-state index contributed by atoms with van der Waals surface area (Å²) in [4.78, 5) is 2.82. The van der Waals surface area contributed by atoms with Crippen molar-refractivity contribution in [3.05, 3.63) is 0 Å². The minimum Gasteiger partial charge on any atom is -0.300 e. The zero-order valence-electron chi connectivity index (χ0n) is 14.9. The number of nitrogens with zero attached hydrogens (tertiary/aromatic N) is 1. The highest BCUT2D eigenvalue weighted by Crippen LogP contribution is 2.18. The van der Waals surface area contributed by atoms with E-state index in [1.165, 1.54) is 90.1 Å². The van der Waals surface area contributed by atoms with Crippen LogP contribution in [0.5, 0.6) is 0 Å². The first-order valence-corrected chi connectivity index (χ1v) is 9.54. The summed E-state index contributed by atoms with van der Waals surface area (Å²) in [5, 5.41) is 0. The Labute approximate surface area is 129 Å². The molecule has 0 saturated heterocycles. The molecule has 1 atom stereocenters. The van der Waals surface area contributed by atoms with Crippen molar-refractivity contribution < 1.29 is 0 Å². The molecular formula is C19H41N. The molecule has 122 valence electrons. The summed E-state index contributed by atoms with van der Waals surface area (Å²) in [5.41, 5.74) is 0. The van der Waals surface area contributed by atoms with E-state index in [4.69, 9.17) is 0 Å². The molecule has 0 aliphatic carbocycles. The van der Waals surface area contributed by atoms with E-state index in [2.05, 4.69) is 32.6 Å². The molecule has 0 spiro atoms. The average Bonchev–Trinajstić information content (AvgIpc) is 2.46.